The molecule has 13 rings (SSSR count). The SMILES string of the molecule is [Al+3].[Cl-].[Cl-].[Cl-].c1ccc(Sc2ccc3c(c2)-c2nc-3nc3[nH]c(nc4nc(nc5[nH]c(n2)c2ccc(Sc6ccccc6)cc52)-c2ccc(Sc5ccccc5)cc2-4)c2ccc(Sc4ccccc4)cc32)cc1. The number of aromatic amines is 2. The van der Waals surface area contributed by atoms with Gasteiger partial charge in [-0.1, -0.05) is 120 Å². The van der Waals surface area contributed by atoms with Crippen LogP contribution in [0.1, 0.15) is 0 Å². The Morgan fingerprint density at radius 1 is 0.250 bits per heavy atom. The summed E-state index contributed by atoms with van der Waals surface area (Å²) in [4.78, 5) is 48.1. The zero-order valence-electron chi connectivity index (χ0n) is 37.5. The summed E-state index contributed by atoms with van der Waals surface area (Å²) >= 11 is 6.82. The second kappa shape index (κ2) is 22.0. The van der Waals surface area contributed by atoms with Crippen molar-refractivity contribution in [1.82, 2.24) is 39.9 Å². The van der Waals surface area contributed by atoms with Gasteiger partial charge in [-0.2, -0.15) is 0 Å². The maximum Gasteiger partial charge on any atom is 3.00 e. The van der Waals surface area contributed by atoms with E-state index in [1.807, 2.05) is 24.3 Å². The molecule has 0 unspecified atom stereocenters. The van der Waals surface area contributed by atoms with Gasteiger partial charge in [0.2, 0.25) is 0 Å². The van der Waals surface area contributed by atoms with E-state index in [9.17, 15) is 0 Å². The number of aromatic nitrogens is 8. The van der Waals surface area contributed by atoms with Crippen LogP contribution in [0, 0.1) is 0 Å². The minimum absolute atomic E-state index is 0. The third-order valence-electron chi connectivity index (χ3n) is 11.6. The molecule has 8 nitrogen and oxygen atoms in total. The van der Waals surface area contributed by atoms with Crippen LogP contribution < -0.4 is 37.2 Å². The first-order chi connectivity index (χ1) is 33.6. The molecular formula is C56H34AlCl3N8S4. The Morgan fingerprint density at radius 3 is 0.861 bits per heavy atom. The average Bonchev–Trinajstić information content (AvgIpc) is 4.10. The van der Waals surface area contributed by atoms with Crippen LogP contribution in [-0.2, 0) is 0 Å². The van der Waals surface area contributed by atoms with Gasteiger partial charge in [-0.15, -0.1) is 0 Å². The fraction of sp³-hybridized carbons (Fsp3) is 0. The average molecular weight is 1080 g/mol. The standard InChI is InChI=1S/C56H34N8S4.Al.3ClH/c1-5-13-33(14-6-1)65-37-21-25-41-45(29-37)53-57-49(41)62-54-47-31-39(67-35-17-9-3-10-18-35)23-27-43(47)51(59-54)64-56-48-32-40(68-36-19-11-4-12-20-36)24-28-44(48)52(60-56)63-55-46-30-38(66-34-15-7-2-8-16-34)22-26-42(46)50(58-55)61-53;;;;/h1-32H,(H2,57,58,59,60,61,62,63,64);;3*1H/q;+3;;;/p-3. The van der Waals surface area contributed by atoms with E-state index in [0.717, 1.165) is 83.0 Å². The molecule has 8 bridgehead atoms. The van der Waals surface area contributed by atoms with Crippen molar-refractivity contribution in [3.8, 4) is 45.6 Å². The molecule has 2 aliphatic heterocycles. The van der Waals surface area contributed by atoms with Crippen molar-refractivity contribution in [2.24, 2.45) is 0 Å². The van der Waals surface area contributed by atoms with Gasteiger partial charge in [0.15, 0.2) is 23.3 Å². The van der Waals surface area contributed by atoms with Crippen molar-refractivity contribution in [3.05, 3.63) is 194 Å². The number of nitrogens with one attached hydrogen (secondary N) is 2. The largest absolute Gasteiger partial charge is 3.00 e. The molecule has 0 saturated heterocycles. The van der Waals surface area contributed by atoms with E-state index in [4.69, 9.17) is 29.9 Å². The van der Waals surface area contributed by atoms with E-state index in [-0.39, 0.29) is 54.6 Å². The van der Waals surface area contributed by atoms with E-state index in [2.05, 4.69) is 180 Å². The molecule has 72 heavy (non-hydrogen) atoms. The molecule has 5 heterocycles. The smallest absolute Gasteiger partial charge is 1.00 e. The summed E-state index contributed by atoms with van der Waals surface area (Å²) in [5.74, 6) is 2.23. The zero-order chi connectivity index (χ0) is 45.0. The van der Waals surface area contributed by atoms with Crippen LogP contribution in [0.15, 0.2) is 233 Å². The molecule has 3 aromatic heterocycles. The fourth-order valence-corrected chi connectivity index (χ4v) is 12.0. The molecule has 0 spiro atoms. The Hall–Kier alpha value is -6.08. The molecule has 0 fully saturated rings. The molecule has 2 aliphatic rings. The third-order valence-corrected chi connectivity index (χ3v) is 15.6. The molecule has 0 atom stereocenters. The molecule has 346 valence electrons. The predicted octanol–water partition coefficient (Wildman–Crippen LogP) is 6.11. The van der Waals surface area contributed by atoms with Gasteiger partial charge in [-0.05, 0) is 121 Å². The second-order valence-electron chi connectivity index (χ2n) is 16.1. The van der Waals surface area contributed by atoms with Crippen molar-refractivity contribution < 1.29 is 37.2 Å². The molecular weight excluding hydrogens is 1050 g/mol. The zero-order valence-corrected chi connectivity index (χ0v) is 44.2. The number of hydrogen-bond donors (Lipinski definition) is 2. The van der Waals surface area contributed by atoms with Gasteiger partial charge in [-0.3, -0.25) is 0 Å². The minimum Gasteiger partial charge on any atom is -1.00 e. The number of nitrogens with zero attached hydrogens (tertiary/aromatic N) is 6. The summed E-state index contributed by atoms with van der Waals surface area (Å²) in [6.45, 7) is 0. The fourth-order valence-electron chi connectivity index (χ4n) is 8.46. The van der Waals surface area contributed by atoms with Crippen molar-refractivity contribution in [3.63, 3.8) is 0 Å². The first-order valence-electron chi connectivity index (χ1n) is 21.9. The maximum absolute atomic E-state index is 5.37. The number of benzene rings is 8. The van der Waals surface area contributed by atoms with Crippen molar-refractivity contribution in [1.29, 1.82) is 0 Å². The first kappa shape index (κ1) is 50.8. The summed E-state index contributed by atoms with van der Waals surface area (Å²) < 4.78 is 0. The Morgan fingerprint density at radius 2 is 0.528 bits per heavy atom. The number of H-pyrrole nitrogens is 2. The van der Waals surface area contributed by atoms with Crippen LogP contribution in [0.4, 0.5) is 0 Å². The number of fused-ring (bicyclic) bond motifs is 20. The van der Waals surface area contributed by atoms with Crippen LogP contribution in [0.3, 0.4) is 0 Å². The van der Waals surface area contributed by atoms with Crippen LogP contribution >= 0.6 is 47.0 Å². The van der Waals surface area contributed by atoms with Crippen molar-refractivity contribution in [2.75, 3.05) is 0 Å². The summed E-state index contributed by atoms with van der Waals surface area (Å²) in [5.41, 5.74) is 6.15. The predicted molar refractivity (Wildman–Crippen MR) is 284 cm³/mol. The first-order valence-corrected chi connectivity index (χ1v) is 25.2. The van der Waals surface area contributed by atoms with E-state index in [1.54, 1.807) is 47.0 Å². The monoisotopic (exact) mass is 1080 g/mol. The molecule has 2 N–H and O–H groups in total. The van der Waals surface area contributed by atoms with E-state index >= 15 is 0 Å². The summed E-state index contributed by atoms with van der Waals surface area (Å²) in [5, 5.41) is 3.68. The second-order valence-corrected chi connectivity index (χ2v) is 20.7. The van der Waals surface area contributed by atoms with Crippen molar-refractivity contribution >= 4 is 109 Å². The maximum atomic E-state index is 5.37. The normalized spacial score (nSPS) is 11.1. The molecule has 11 aromatic rings. The van der Waals surface area contributed by atoms with Crippen LogP contribution in [0.2, 0.25) is 0 Å². The number of hydrogen-bond acceptors (Lipinski definition) is 10. The molecule has 16 heteroatoms. The molecule has 0 aliphatic carbocycles. The Labute approximate surface area is 460 Å². The van der Waals surface area contributed by atoms with Gasteiger partial charge in [0.25, 0.3) is 0 Å². The van der Waals surface area contributed by atoms with Gasteiger partial charge < -0.3 is 47.2 Å². The van der Waals surface area contributed by atoms with Gasteiger partial charge in [0, 0.05) is 83.0 Å². The summed E-state index contributed by atoms with van der Waals surface area (Å²) in [6.07, 6.45) is 0. The number of halogens is 3. The number of rotatable bonds is 8. The van der Waals surface area contributed by atoms with E-state index in [1.165, 1.54) is 0 Å². The Bertz CT molecular complexity index is 3690. The minimum atomic E-state index is 0. The van der Waals surface area contributed by atoms with Gasteiger partial charge in [0.05, 0.1) is 0 Å². The molecule has 0 saturated carbocycles. The topological polar surface area (TPSA) is 109 Å². The molecule has 8 aromatic carbocycles. The Balaban J connectivity index is 0.00000160. The molecule has 0 amide bonds. The van der Waals surface area contributed by atoms with Gasteiger partial charge in [-0.25, -0.2) is 29.9 Å². The van der Waals surface area contributed by atoms with Crippen LogP contribution in [0.5, 0.6) is 0 Å². The van der Waals surface area contributed by atoms with Gasteiger partial charge >= 0.3 is 17.4 Å². The van der Waals surface area contributed by atoms with Crippen LogP contribution in [0.25, 0.3) is 89.7 Å². The van der Waals surface area contributed by atoms with E-state index < -0.39 is 0 Å². The molecule has 0 radical (unpaired) electrons. The summed E-state index contributed by atoms with van der Waals surface area (Å²) in [7, 11) is 0. The summed E-state index contributed by atoms with van der Waals surface area (Å²) in [6, 6.07) is 67.3. The van der Waals surface area contributed by atoms with Crippen LogP contribution in [-0.4, -0.2) is 57.2 Å². The third kappa shape index (κ3) is 10.1. The Kier molecular flexibility index (Phi) is 15.5. The van der Waals surface area contributed by atoms with Crippen molar-refractivity contribution in [2.45, 2.75) is 39.2 Å². The van der Waals surface area contributed by atoms with Gasteiger partial charge in [0.1, 0.15) is 22.6 Å². The quantitative estimate of drug-likeness (QED) is 0.174. The van der Waals surface area contributed by atoms with E-state index in [0.29, 0.717) is 45.9 Å².